The molecule has 5 heteroatoms. The van der Waals surface area contributed by atoms with E-state index in [4.69, 9.17) is 11.6 Å². The molecule has 0 unspecified atom stereocenters. The van der Waals surface area contributed by atoms with E-state index in [1.54, 1.807) is 12.1 Å². The van der Waals surface area contributed by atoms with E-state index in [9.17, 15) is 9.70 Å². The average Bonchev–Trinajstić information content (AvgIpc) is 2.50. The van der Waals surface area contributed by atoms with E-state index >= 15 is 0 Å². The number of hydrogen-bond donors (Lipinski definition) is 0. The van der Waals surface area contributed by atoms with Crippen LogP contribution in [0.3, 0.4) is 0 Å². The van der Waals surface area contributed by atoms with Crippen LogP contribution in [-0.4, -0.2) is 5.97 Å². The van der Waals surface area contributed by atoms with Crippen molar-refractivity contribution in [1.29, 1.82) is 0 Å². The standard InChI is InChI=1S/C17H22ClNO3/c1-2-3-4-5-6-7-8-15-13-16(18)11-9-14(15)10-12-17(20)22-19-21/h9-13H,2-8H2,1H3/b12-10+. The molecule has 0 N–H and O–H groups in total. The fraction of sp³-hybridized carbons (Fsp3) is 0.471. The van der Waals surface area contributed by atoms with Crippen molar-refractivity contribution in [3.8, 4) is 0 Å². The van der Waals surface area contributed by atoms with Gasteiger partial charge in [0.25, 0.3) is 0 Å². The molecule has 0 saturated heterocycles. The second kappa shape index (κ2) is 11.0. The predicted molar refractivity (Wildman–Crippen MR) is 89.5 cm³/mol. The number of hydrogen-bond acceptors (Lipinski definition) is 4. The first-order valence-corrected chi connectivity index (χ1v) is 8.05. The molecule has 0 aliphatic carbocycles. The summed E-state index contributed by atoms with van der Waals surface area (Å²) in [4.78, 5) is 25.0. The van der Waals surface area contributed by atoms with E-state index in [2.05, 4.69) is 17.1 Å². The third kappa shape index (κ3) is 7.36. The van der Waals surface area contributed by atoms with Crippen LogP contribution >= 0.6 is 11.6 Å². The molecule has 1 rings (SSSR count). The first kappa shape index (κ1) is 18.4. The molecule has 0 saturated carbocycles. The fourth-order valence-corrected chi connectivity index (χ4v) is 2.47. The average molecular weight is 324 g/mol. The van der Waals surface area contributed by atoms with Crippen LogP contribution in [0.4, 0.5) is 0 Å². The van der Waals surface area contributed by atoms with Gasteiger partial charge in [0.15, 0.2) is 5.34 Å². The molecule has 0 bridgehead atoms. The quantitative estimate of drug-likeness (QED) is 0.248. The van der Waals surface area contributed by atoms with Crippen LogP contribution in [0, 0.1) is 4.91 Å². The Morgan fingerprint density at radius 1 is 1.23 bits per heavy atom. The van der Waals surface area contributed by atoms with Crippen LogP contribution < -0.4 is 0 Å². The van der Waals surface area contributed by atoms with Gasteiger partial charge >= 0.3 is 5.97 Å². The van der Waals surface area contributed by atoms with E-state index in [1.165, 1.54) is 38.2 Å². The highest BCUT2D eigenvalue weighted by Gasteiger charge is 2.03. The number of carbonyl (C=O) groups is 1. The van der Waals surface area contributed by atoms with Gasteiger partial charge in [0.05, 0.1) is 0 Å². The SMILES string of the molecule is CCCCCCCCc1cc(Cl)ccc1/C=C/C(=O)ON=O. The molecule has 0 radical (unpaired) electrons. The zero-order valence-corrected chi connectivity index (χ0v) is 13.6. The summed E-state index contributed by atoms with van der Waals surface area (Å²) in [5.74, 6) is -0.782. The number of halogens is 1. The summed E-state index contributed by atoms with van der Waals surface area (Å²) in [6, 6.07) is 5.54. The van der Waals surface area contributed by atoms with E-state index < -0.39 is 5.97 Å². The minimum absolute atomic E-state index is 0.676. The minimum atomic E-state index is -0.782. The van der Waals surface area contributed by atoms with Crippen molar-refractivity contribution >= 4 is 23.6 Å². The first-order chi connectivity index (χ1) is 10.7. The maximum absolute atomic E-state index is 11.1. The van der Waals surface area contributed by atoms with Gasteiger partial charge in [0.2, 0.25) is 0 Å². The molecule has 0 heterocycles. The van der Waals surface area contributed by atoms with Crippen molar-refractivity contribution in [1.82, 2.24) is 0 Å². The summed E-state index contributed by atoms with van der Waals surface area (Å²) in [7, 11) is 0. The summed E-state index contributed by atoms with van der Waals surface area (Å²) in [5.41, 5.74) is 1.99. The lowest BCUT2D eigenvalue weighted by molar-refractivity contribution is -0.137. The molecular formula is C17H22ClNO3. The smallest absolute Gasteiger partial charge is 0.280 e. The van der Waals surface area contributed by atoms with Gasteiger partial charge in [0.1, 0.15) is 0 Å². The third-order valence-electron chi connectivity index (χ3n) is 3.43. The topological polar surface area (TPSA) is 55.7 Å². The molecule has 0 aliphatic heterocycles. The lowest BCUT2D eigenvalue weighted by Gasteiger charge is -2.07. The Kier molecular flexibility index (Phi) is 9.15. The molecule has 0 fully saturated rings. The number of aryl methyl sites for hydroxylation is 1. The Balaban J connectivity index is 2.58. The van der Waals surface area contributed by atoms with Crippen molar-refractivity contribution in [2.45, 2.75) is 51.9 Å². The summed E-state index contributed by atoms with van der Waals surface area (Å²) < 4.78 is 0. The molecular weight excluding hydrogens is 302 g/mol. The number of benzene rings is 1. The second-order valence-corrected chi connectivity index (χ2v) is 5.62. The zero-order valence-electron chi connectivity index (χ0n) is 12.9. The summed E-state index contributed by atoms with van der Waals surface area (Å²) in [5, 5.41) is 2.77. The molecule has 0 amide bonds. The van der Waals surface area contributed by atoms with Crippen LogP contribution in [0.1, 0.15) is 56.6 Å². The molecule has 0 aliphatic rings. The van der Waals surface area contributed by atoms with Gasteiger partial charge in [-0.2, -0.15) is 0 Å². The van der Waals surface area contributed by atoms with Gasteiger partial charge in [-0.05, 0) is 42.2 Å². The van der Waals surface area contributed by atoms with Gasteiger partial charge in [-0.1, -0.05) is 56.7 Å². The Hall–Kier alpha value is -1.68. The molecule has 4 nitrogen and oxygen atoms in total. The lowest BCUT2D eigenvalue weighted by atomic mass is 10.00. The number of rotatable bonds is 10. The highest BCUT2D eigenvalue weighted by molar-refractivity contribution is 6.30. The first-order valence-electron chi connectivity index (χ1n) is 7.67. The van der Waals surface area contributed by atoms with E-state index in [-0.39, 0.29) is 0 Å². The van der Waals surface area contributed by atoms with Gasteiger partial charge in [0, 0.05) is 11.1 Å². The normalized spacial score (nSPS) is 10.8. The van der Waals surface area contributed by atoms with Crippen molar-refractivity contribution in [2.75, 3.05) is 0 Å². The van der Waals surface area contributed by atoms with E-state index in [1.807, 2.05) is 12.1 Å². The van der Waals surface area contributed by atoms with Crippen LogP contribution in [0.5, 0.6) is 0 Å². The highest BCUT2D eigenvalue weighted by Crippen LogP contribution is 2.20. The summed E-state index contributed by atoms with van der Waals surface area (Å²) in [6.45, 7) is 2.20. The number of unbranched alkanes of at least 4 members (excludes halogenated alkanes) is 5. The van der Waals surface area contributed by atoms with Crippen molar-refractivity contribution in [2.24, 2.45) is 5.34 Å². The van der Waals surface area contributed by atoms with Crippen LogP contribution in [0.25, 0.3) is 6.08 Å². The predicted octanol–water partition coefficient (Wildman–Crippen LogP) is 5.48. The van der Waals surface area contributed by atoms with Gasteiger partial charge < -0.3 is 0 Å². The van der Waals surface area contributed by atoms with Crippen LogP contribution in [-0.2, 0) is 16.1 Å². The maximum atomic E-state index is 11.1. The molecule has 120 valence electrons. The zero-order chi connectivity index (χ0) is 16.2. The van der Waals surface area contributed by atoms with Gasteiger partial charge in [-0.3, -0.25) is 4.84 Å². The third-order valence-corrected chi connectivity index (χ3v) is 3.67. The van der Waals surface area contributed by atoms with Crippen molar-refractivity contribution < 1.29 is 9.63 Å². The van der Waals surface area contributed by atoms with Crippen molar-refractivity contribution in [3.05, 3.63) is 45.3 Å². The summed E-state index contributed by atoms with van der Waals surface area (Å²) >= 11 is 6.04. The number of nitrogens with zero attached hydrogens (tertiary/aromatic N) is 1. The lowest BCUT2D eigenvalue weighted by Crippen LogP contribution is -1.94. The molecule has 1 aromatic rings. The second-order valence-electron chi connectivity index (χ2n) is 5.18. The fourth-order valence-electron chi connectivity index (χ4n) is 2.27. The van der Waals surface area contributed by atoms with Crippen LogP contribution in [0.2, 0.25) is 5.02 Å². The van der Waals surface area contributed by atoms with Gasteiger partial charge in [-0.25, -0.2) is 4.79 Å². The molecule has 1 aromatic carbocycles. The maximum Gasteiger partial charge on any atom is 0.362 e. The molecule has 22 heavy (non-hydrogen) atoms. The molecule has 0 spiro atoms. The molecule has 0 aromatic heterocycles. The monoisotopic (exact) mass is 323 g/mol. The highest BCUT2D eigenvalue weighted by atomic mass is 35.5. The van der Waals surface area contributed by atoms with Gasteiger partial charge in [-0.15, -0.1) is 4.91 Å². The Bertz CT molecular complexity index is 515. The minimum Gasteiger partial charge on any atom is -0.280 e. The van der Waals surface area contributed by atoms with E-state index in [0.29, 0.717) is 5.02 Å². The molecule has 0 atom stereocenters. The Morgan fingerprint density at radius 3 is 2.68 bits per heavy atom. The Morgan fingerprint density at radius 2 is 1.95 bits per heavy atom. The van der Waals surface area contributed by atoms with E-state index in [0.717, 1.165) is 24.0 Å². The van der Waals surface area contributed by atoms with Crippen LogP contribution in [0.15, 0.2) is 29.6 Å². The Labute approximate surface area is 136 Å². The van der Waals surface area contributed by atoms with Crippen molar-refractivity contribution in [3.63, 3.8) is 0 Å². The largest absolute Gasteiger partial charge is 0.362 e. The summed E-state index contributed by atoms with van der Waals surface area (Å²) in [6.07, 6.45) is 11.1. The number of carbonyl (C=O) groups excluding carboxylic acids is 1.